The third kappa shape index (κ3) is 4.31. The molecule has 1 saturated heterocycles. The molecule has 134 valence electrons. The van der Waals surface area contributed by atoms with Crippen molar-refractivity contribution in [3.63, 3.8) is 0 Å². The van der Waals surface area contributed by atoms with Gasteiger partial charge in [0.2, 0.25) is 5.91 Å². The van der Waals surface area contributed by atoms with Crippen molar-refractivity contribution in [2.75, 3.05) is 38.2 Å². The summed E-state index contributed by atoms with van der Waals surface area (Å²) in [6.45, 7) is 2.83. The molecule has 0 atom stereocenters. The molecule has 0 unspecified atom stereocenters. The molecule has 1 aromatic carbocycles. The predicted molar refractivity (Wildman–Crippen MR) is 99.1 cm³/mol. The van der Waals surface area contributed by atoms with Crippen molar-refractivity contribution in [2.24, 2.45) is 0 Å². The van der Waals surface area contributed by atoms with Crippen LogP contribution < -0.4 is 9.64 Å². The summed E-state index contributed by atoms with van der Waals surface area (Å²) in [5.74, 6) is 1.80. The SMILES string of the molecule is COc1ccc(CCC(=O)N2CCN(c3cc(C#N)ccn3)CC2)cc1. The summed E-state index contributed by atoms with van der Waals surface area (Å²) in [5.41, 5.74) is 1.74. The van der Waals surface area contributed by atoms with Gasteiger partial charge in [0.15, 0.2) is 0 Å². The van der Waals surface area contributed by atoms with E-state index >= 15 is 0 Å². The lowest BCUT2D eigenvalue weighted by atomic mass is 10.1. The maximum atomic E-state index is 12.5. The Labute approximate surface area is 153 Å². The molecule has 0 spiro atoms. The number of piperazine rings is 1. The maximum absolute atomic E-state index is 12.5. The number of aromatic nitrogens is 1. The minimum Gasteiger partial charge on any atom is -0.497 e. The zero-order valence-corrected chi connectivity index (χ0v) is 14.9. The number of benzene rings is 1. The van der Waals surface area contributed by atoms with Crippen LogP contribution in [0.2, 0.25) is 0 Å². The molecular formula is C20H22N4O2. The Balaban J connectivity index is 1.49. The minimum absolute atomic E-state index is 0.180. The molecule has 0 N–H and O–H groups in total. The number of carbonyl (C=O) groups excluding carboxylic acids is 1. The van der Waals surface area contributed by atoms with Gasteiger partial charge >= 0.3 is 0 Å². The monoisotopic (exact) mass is 350 g/mol. The van der Waals surface area contributed by atoms with E-state index in [9.17, 15) is 4.79 Å². The van der Waals surface area contributed by atoms with E-state index in [4.69, 9.17) is 10.00 Å². The number of nitriles is 1. The number of rotatable bonds is 5. The molecule has 1 aliphatic rings. The molecule has 3 rings (SSSR count). The molecule has 1 fully saturated rings. The van der Waals surface area contributed by atoms with Crippen LogP contribution in [0.4, 0.5) is 5.82 Å². The minimum atomic E-state index is 0.180. The smallest absolute Gasteiger partial charge is 0.223 e. The molecule has 0 aliphatic carbocycles. The second-order valence-electron chi connectivity index (χ2n) is 6.23. The van der Waals surface area contributed by atoms with Crippen LogP contribution in [0.15, 0.2) is 42.6 Å². The van der Waals surface area contributed by atoms with Gasteiger partial charge in [-0.3, -0.25) is 4.79 Å². The number of ether oxygens (including phenoxy) is 1. The lowest BCUT2D eigenvalue weighted by molar-refractivity contribution is -0.131. The predicted octanol–water partition coefficient (Wildman–Crippen LogP) is 2.24. The van der Waals surface area contributed by atoms with Crippen LogP contribution in [-0.2, 0) is 11.2 Å². The van der Waals surface area contributed by atoms with Gasteiger partial charge in [-0.15, -0.1) is 0 Å². The second kappa shape index (κ2) is 8.34. The van der Waals surface area contributed by atoms with Crippen LogP contribution in [0, 0.1) is 11.3 Å². The highest BCUT2D eigenvalue weighted by Crippen LogP contribution is 2.16. The van der Waals surface area contributed by atoms with Crippen LogP contribution in [0.1, 0.15) is 17.5 Å². The van der Waals surface area contributed by atoms with Gasteiger partial charge in [-0.25, -0.2) is 4.98 Å². The summed E-state index contributed by atoms with van der Waals surface area (Å²) in [4.78, 5) is 20.8. The molecule has 1 aromatic heterocycles. The standard InChI is InChI=1S/C20H22N4O2/c1-26-18-5-2-16(3-6-18)4-7-20(25)24-12-10-23(11-13-24)19-14-17(15-21)8-9-22-19/h2-3,5-6,8-9,14H,4,7,10-13H2,1H3. The molecule has 6 nitrogen and oxygen atoms in total. The van der Waals surface area contributed by atoms with Crippen molar-refractivity contribution in [1.29, 1.82) is 5.26 Å². The van der Waals surface area contributed by atoms with Crippen molar-refractivity contribution >= 4 is 11.7 Å². The summed E-state index contributed by atoms with van der Waals surface area (Å²) in [7, 11) is 1.64. The van der Waals surface area contributed by atoms with E-state index < -0.39 is 0 Å². The summed E-state index contributed by atoms with van der Waals surface area (Å²) in [5, 5.41) is 9.00. The van der Waals surface area contributed by atoms with Gasteiger partial charge in [0.05, 0.1) is 18.7 Å². The van der Waals surface area contributed by atoms with Crippen molar-refractivity contribution in [1.82, 2.24) is 9.88 Å². The summed E-state index contributed by atoms with van der Waals surface area (Å²) in [6.07, 6.45) is 2.89. The number of carbonyl (C=O) groups is 1. The lowest BCUT2D eigenvalue weighted by Crippen LogP contribution is -2.49. The van der Waals surface area contributed by atoms with Gasteiger partial charge in [-0.05, 0) is 36.2 Å². The quantitative estimate of drug-likeness (QED) is 0.827. The van der Waals surface area contributed by atoms with E-state index in [0.29, 0.717) is 25.1 Å². The first-order valence-electron chi connectivity index (χ1n) is 8.71. The largest absolute Gasteiger partial charge is 0.497 e. The fourth-order valence-corrected chi connectivity index (χ4v) is 3.05. The molecule has 2 heterocycles. The molecular weight excluding hydrogens is 328 g/mol. The third-order valence-corrected chi connectivity index (χ3v) is 4.62. The first-order valence-corrected chi connectivity index (χ1v) is 8.71. The van der Waals surface area contributed by atoms with Crippen LogP contribution in [0.5, 0.6) is 5.75 Å². The second-order valence-corrected chi connectivity index (χ2v) is 6.23. The lowest BCUT2D eigenvalue weighted by Gasteiger charge is -2.35. The van der Waals surface area contributed by atoms with E-state index in [0.717, 1.165) is 36.6 Å². The topological polar surface area (TPSA) is 69.5 Å². The van der Waals surface area contributed by atoms with Gasteiger partial charge in [-0.1, -0.05) is 12.1 Å². The Kier molecular flexibility index (Phi) is 5.69. The summed E-state index contributed by atoms with van der Waals surface area (Å²) < 4.78 is 5.15. The Morgan fingerprint density at radius 2 is 1.92 bits per heavy atom. The molecule has 0 bridgehead atoms. The van der Waals surface area contributed by atoms with Crippen LogP contribution in [-0.4, -0.2) is 49.1 Å². The number of amides is 1. The molecule has 1 aliphatic heterocycles. The first kappa shape index (κ1) is 17.7. The van der Waals surface area contributed by atoms with Gasteiger partial charge in [-0.2, -0.15) is 5.26 Å². The van der Waals surface area contributed by atoms with Gasteiger partial charge in [0.1, 0.15) is 11.6 Å². The van der Waals surface area contributed by atoms with Gasteiger partial charge < -0.3 is 14.5 Å². The number of pyridine rings is 1. The zero-order valence-electron chi connectivity index (χ0n) is 14.9. The number of anilines is 1. The summed E-state index contributed by atoms with van der Waals surface area (Å²) in [6, 6.07) is 13.5. The molecule has 6 heteroatoms. The fraction of sp³-hybridized carbons (Fsp3) is 0.350. The van der Waals surface area contributed by atoms with Crippen molar-refractivity contribution in [3.05, 3.63) is 53.7 Å². The van der Waals surface area contributed by atoms with E-state index in [1.807, 2.05) is 29.2 Å². The Hall–Kier alpha value is -3.07. The van der Waals surface area contributed by atoms with Crippen LogP contribution in [0.25, 0.3) is 0 Å². The first-order chi connectivity index (χ1) is 12.7. The number of nitrogens with zero attached hydrogens (tertiary/aromatic N) is 4. The Morgan fingerprint density at radius 1 is 1.19 bits per heavy atom. The van der Waals surface area contributed by atoms with Crippen LogP contribution >= 0.6 is 0 Å². The van der Waals surface area contributed by atoms with E-state index in [2.05, 4.69) is 16.0 Å². The van der Waals surface area contributed by atoms with Crippen molar-refractivity contribution in [2.45, 2.75) is 12.8 Å². The zero-order chi connectivity index (χ0) is 18.4. The normalized spacial score (nSPS) is 14.0. The number of aryl methyl sites for hydroxylation is 1. The van der Waals surface area contributed by atoms with Crippen molar-refractivity contribution < 1.29 is 9.53 Å². The molecule has 0 radical (unpaired) electrons. The Morgan fingerprint density at radius 3 is 2.58 bits per heavy atom. The molecule has 26 heavy (non-hydrogen) atoms. The highest BCUT2D eigenvalue weighted by atomic mass is 16.5. The Bertz CT molecular complexity index is 790. The third-order valence-electron chi connectivity index (χ3n) is 4.62. The number of hydrogen-bond donors (Lipinski definition) is 0. The number of methoxy groups -OCH3 is 1. The van der Waals surface area contributed by atoms with Crippen molar-refractivity contribution in [3.8, 4) is 11.8 Å². The van der Waals surface area contributed by atoms with E-state index in [1.54, 1.807) is 25.4 Å². The highest BCUT2D eigenvalue weighted by Gasteiger charge is 2.21. The average molecular weight is 350 g/mol. The van der Waals surface area contributed by atoms with E-state index in [-0.39, 0.29) is 5.91 Å². The molecule has 2 aromatic rings. The van der Waals surface area contributed by atoms with Gasteiger partial charge in [0, 0.05) is 38.8 Å². The van der Waals surface area contributed by atoms with Crippen LogP contribution in [0.3, 0.4) is 0 Å². The fourth-order valence-electron chi connectivity index (χ4n) is 3.05. The number of hydrogen-bond acceptors (Lipinski definition) is 5. The maximum Gasteiger partial charge on any atom is 0.223 e. The van der Waals surface area contributed by atoms with E-state index in [1.165, 1.54) is 0 Å². The molecule has 1 amide bonds. The average Bonchev–Trinajstić information content (AvgIpc) is 2.72. The summed E-state index contributed by atoms with van der Waals surface area (Å²) >= 11 is 0. The molecule has 0 saturated carbocycles. The highest BCUT2D eigenvalue weighted by molar-refractivity contribution is 5.76. The van der Waals surface area contributed by atoms with Gasteiger partial charge in [0.25, 0.3) is 0 Å².